The maximum absolute atomic E-state index is 10.4. The predicted molar refractivity (Wildman–Crippen MR) is 77.3 cm³/mol. The van der Waals surface area contributed by atoms with Gasteiger partial charge in [0.2, 0.25) is 0 Å². The molecule has 2 rings (SSSR count). The number of aliphatic hydroxyl groups is 1. The Morgan fingerprint density at radius 2 is 1.79 bits per heavy atom. The van der Waals surface area contributed by atoms with Gasteiger partial charge in [-0.3, -0.25) is 4.68 Å². The Bertz CT molecular complexity index is 599. The molecule has 0 radical (unpaired) electrons. The summed E-state index contributed by atoms with van der Waals surface area (Å²) >= 11 is 0. The topological polar surface area (TPSA) is 38.0 Å². The van der Waals surface area contributed by atoms with E-state index in [9.17, 15) is 5.11 Å². The van der Waals surface area contributed by atoms with Gasteiger partial charge in [-0.05, 0) is 56.9 Å². The highest BCUT2D eigenvalue weighted by atomic mass is 16.3. The second-order valence-electron chi connectivity index (χ2n) is 5.34. The van der Waals surface area contributed by atoms with Crippen molar-refractivity contribution in [2.75, 3.05) is 0 Å². The van der Waals surface area contributed by atoms with E-state index in [1.54, 1.807) is 0 Å². The molecule has 1 aromatic carbocycles. The summed E-state index contributed by atoms with van der Waals surface area (Å²) in [6.45, 7) is 10.8. The first kappa shape index (κ1) is 13.8. The second-order valence-corrected chi connectivity index (χ2v) is 5.34. The van der Waals surface area contributed by atoms with Gasteiger partial charge in [0.1, 0.15) is 0 Å². The van der Waals surface area contributed by atoms with Crippen molar-refractivity contribution in [3.8, 4) is 0 Å². The predicted octanol–water partition coefficient (Wildman–Crippen LogP) is 3.16. The van der Waals surface area contributed by atoms with Gasteiger partial charge in [-0.1, -0.05) is 18.2 Å². The van der Waals surface area contributed by atoms with Crippen LogP contribution in [0.1, 0.15) is 39.7 Å². The molecule has 1 unspecified atom stereocenters. The molecule has 0 fully saturated rings. The molecule has 1 aromatic heterocycles. The van der Waals surface area contributed by atoms with Gasteiger partial charge in [0.05, 0.1) is 18.3 Å². The van der Waals surface area contributed by atoms with Crippen molar-refractivity contribution in [3.05, 3.63) is 51.8 Å². The molecule has 3 nitrogen and oxygen atoms in total. The van der Waals surface area contributed by atoms with E-state index in [1.165, 1.54) is 16.7 Å². The van der Waals surface area contributed by atoms with Crippen molar-refractivity contribution >= 4 is 0 Å². The average molecular weight is 258 g/mol. The van der Waals surface area contributed by atoms with Crippen LogP contribution in [0.15, 0.2) is 18.2 Å². The van der Waals surface area contributed by atoms with Crippen molar-refractivity contribution in [2.45, 2.75) is 47.3 Å². The minimum absolute atomic E-state index is 0.503. The van der Waals surface area contributed by atoms with Gasteiger partial charge < -0.3 is 5.11 Å². The van der Waals surface area contributed by atoms with Crippen molar-refractivity contribution < 1.29 is 5.11 Å². The fraction of sp³-hybridized carbons (Fsp3) is 0.438. The minimum Gasteiger partial charge on any atom is -0.386 e. The number of hydrogen-bond acceptors (Lipinski definition) is 2. The Labute approximate surface area is 114 Å². The largest absolute Gasteiger partial charge is 0.386 e. The molecule has 0 aliphatic rings. The second kappa shape index (κ2) is 5.17. The van der Waals surface area contributed by atoms with E-state index in [-0.39, 0.29) is 0 Å². The molecule has 0 bridgehead atoms. The number of hydrogen-bond donors (Lipinski definition) is 1. The molecular formula is C16H22N2O. The first-order valence-corrected chi connectivity index (χ1v) is 6.66. The summed E-state index contributed by atoms with van der Waals surface area (Å²) in [5.74, 6) is 0. The first-order valence-electron chi connectivity index (χ1n) is 6.66. The molecule has 3 heteroatoms. The van der Waals surface area contributed by atoms with Crippen molar-refractivity contribution in [2.24, 2.45) is 0 Å². The highest BCUT2D eigenvalue weighted by Gasteiger charge is 2.13. The quantitative estimate of drug-likeness (QED) is 0.918. The summed E-state index contributed by atoms with van der Waals surface area (Å²) in [5, 5.41) is 14.8. The van der Waals surface area contributed by atoms with Crippen LogP contribution < -0.4 is 0 Å². The van der Waals surface area contributed by atoms with Gasteiger partial charge in [-0.2, -0.15) is 5.10 Å². The van der Waals surface area contributed by atoms with Crippen molar-refractivity contribution in [1.29, 1.82) is 0 Å². The highest BCUT2D eigenvalue weighted by Crippen LogP contribution is 2.20. The SMILES string of the molecule is Cc1ccc(C(O)Cn2nc(C)c(C)c2C)cc1C. The monoisotopic (exact) mass is 258 g/mol. The van der Waals surface area contributed by atoms with E-state index in [0.29, 0.717) is 6.54 Å². The van der Waals surface area contributed by atoms with E-state index >= 15 is 0 Å². The fourth-order valence-corrected chi connectivity index (χ4v) is 2.21. The Kier molecular flexibility index (Phi) is 3.76. The normalized spacial score (nSPS) is 12.7. The number of benzene rings is 1. The van der Waals surface area contributed by atoms with E-state index < -0.39 is 6.10 Å². The zero-order valence-electron chi connectivity index (χ0n) is 12.4. The van der Waals surface area contributed by atoms with Crippen LogP contribution >= 0.6 is 0 Å². The zero-order valence-corrected chi connectivity index (χ0v) is 12.4. The number of nitrogens with zero attached hydrogens (tertiary/aromatic N) is 2. The molecule has 2 aromatic rings. The Balaban J connectivity index is 2.22. The molecule has 1 atom stereocenters. The molecular weight excluding hydrogens is 236 g/mol. The van der Waals surface area contributed by atoms with Crippen LogP contribution in [0.25, 0.3) is 0 Å². The smallest absolute Gasteiger partial charge is 0.0986 e. The van der Waals surface area contributed by atoms with Gasteiger partial charge >= 0.3 is 0 Å². The van der Waals surface area contributed by atoms with Gasteiger partial charge in [0.25, 0.3) is 0 Å². The van der Waals surface area contributed by atoms with Gasteiger partial charge in [0, 0.05) is 5.69 Å². The highest BCUT2D eigenvalue weighted by molar-refractivity contribution is 5.31. The molecule has 0 saturated carbocycles. The van der Waals surface area contributed by atoms with E-state index in [0.717, 1.165) is 17.0 Å². The standard InChI is InChI=1S/C16H22N2O/c1-10-6-7-15(8-11(10)2)16(19)9-18-14(5)12(3)13(4)17-18/h6-8,16,19H,9H2,1-5H3. The Hall–Kier alpha value is -1.61. The van der Waals surface area contributed by atoms with E-state index in [2.05, 4.69) is 38.0 Å². The lowest BCUT2D eigenvalue weighted by Gasteiger charge is -2.14. The summed E-state index contributed by atoms with van der Waals surface area (Å²) in [5.41, 5.74) is 6.77. The van der Waals surface area contributed by atoms with E-state index in [1.807, 2.05) is 24.6 Å². The number of aromatic nitrogens is 2. The maximum atomic E-state index is 10.4. The minimum atomic E-state index is -0.517. The van der Waals surface area contributed by atoms with Crippen LogP contribution in [-0.2, 0) is 6.54 Å². The summed E-state index contributed by atoms with van der Waals surface area (Å²) in [7, 11) is 0. The number of aryl methyl sites for hydroxylation is 3. The summed E-state index contributed by atoms with van der Waals surface area (Å²) in [6, 6.07) is 6.10. The summed E-state index contributed by atoms with van der Waals surface area (Å²) in [6.07, 6.45) is -0.517. The van der Waals surface area contributed by atoms with Gasteiger partial charge in [-0.15, -0.1) is 0 Å². The molecule has 102 valence electrons. The van der Waals surface area contributed by atoms with Crippen molar-refractivity contribution in [3.63, 3.8) is 0 Å². The zero-order chi connectivity index (χ0) is 14.2. The molecule has 0 aliphatic carbocycles. The molecule has 19 heavy (non-hydrogen) atoms. The van der Waals surface area contributed by atoms with Crippen LogP contribution in [0.4, 0.5) is 0 Å². The Morgan fingerprint density at radius 1 is 1.11 bits per heavy atom. The Morgan fingerprint density at radius 3 is 2.32 bits per heavy atom. The lowest BCUT2D eigenvalue weighted by Crippen LogP contribution is -2.11. The van der Waals surface area contributed by atoms with Crippen LogP contribution in [0, 0.1) is 34.6 Å². The molecule has 0 aliphatic heterocycles. The third-order valence-electron chi connectivity index (χ3n) is 4.00. The van der Waals surface area contributed by atoms with E-state index in [4.69, 9.17) is 0 Å². The van der Waals surface area contributed by atoms with Crippen LogP contribution in [0.2, 0.25) is 0 Å². The number of rotatable bonds is 3. The van der Waals surface area contributed by atoms with Crippen LogP contribution in [-0.4, -0.2) is 14.9 Å². The lowest BCUT2D eigenvalue weighted by molar-refractivity contribution is 0.150. The van der Waals surface area contributed by atoms with Crippen LogP contribution in [0.3, 0.4) is 0 Å². The maximum Gasteiger partial charge on any atom is 0.0986 e. The van der Waals surface area contributed by atoms with Crippen LogP contribution in [0.5, 0.6) is 0 Å². The summed E-state index contributed by atoms with van der Waals surface area (Å²) < 4.78 is 1.89. The molecule has 1 N–H and O–H groups in total. The number of aliphatic hydroxyl groups excluding tert-OH is 1. The molecule has 0 spiro atoms. The third-order valence-corrected chi connectivity index (χ3v) is 4.00. The molecule has 0 amide bonds. The average Bonchev–Trinajstić information content (AvgIpc) is 2.60. The first-order chi connectivity index (χ1) is 8.90. The fourth-order valence-electron chi connectivity index (χ4n) is 2.21. The molecule has 0 saturated heterocycles. The lowest BCUT2D eigenvalue weighted by atomic mass is 10.0. The summed E-state index contributed by atoms with van der Waals surface area (Å²) in [4.78, 5) is 0. The van der Waals surface area contributed by atoms with Gasteiger partial charge in [0.15, 0.2) is 0 Å². The third kappa shape index (κ3) is 2.71. The van der Waals surface area contributed by atoms with Gasteiger partial charge in [-0.25, -0.2) is 0 Å². The molecule has 1 heterocycles. The van der Waals surface area contributed by atoms with Crippen molar-refractivity contribution in [1.82, 2.24) is 9.78 Å².